The van der Waals surface area contributed by atoms with Crippen molar-refractivity contribution in [2.45, 2.75) is 37.6 Å². The number of benzene rings is 1. The van der Waals surface area contributed by atoms with Crippen molar-refractivity contribution >= 4 is 37.6 Å². The van der Waals surface area contributed by atoms with Gasteiger partial charge in [0.25, 0.3) is 0 Å². The summed E-state index contributed by atoms with van der Waals surface area (Å²) in [5.74, 6) is 0. The van der Waals surface area contributed by atoms with Crippen molar-refractivity contribution in [2.24, 2.45) is 0 Å². The van der Waals surface area contributed by atoms with E-state index in [-0.39, 0.29) is 4.90 Å². The van der Waals surface area contributed by atoms with Gasteiger partial charge in [-0.2, -0.15) is 4.31 Å². The topological polar surface area (TPSA) is 37.4 Å². The van der Waals surface area contributed by atoms with Gasteiger partial charge < -0.3 is 0 Å². The van der Waals surface area contributed by atoms with Gasteiger partial charge in [-0.3, -0.25) is 0 Å². The molecule has 0 N–H and O–H groups in total. The number of rotatable bonds is 4. The Balaban J connectivity index is 3.26. The zero-order valence-electron chi connectivity index (χ0n) is 10.9. The molecule has 6 heteroatoms. The molecule has 0 spiro atoms. The standard InChI is InChI=1S/C12H17BrClNO2S/c1-5-12(2,3)15(4)18(16,17)9-6-7-11(14)10(13)8-9/h6-8H,5H2,1-4H3. The fourth-order valence-corrected chi connectivity index (χ4v) is 3.59. The maximum atomic E-state index is 12.5. The summed E-state index contributed by atoms with van der Waals surface area (Å²) in [6.07, 6.45) is 0.734. The zero-order valence-corrected chi connectivity index (χ0v) is 14.0. The summed E-state index contributed by atoms with van der Waals surface area (Å²) in [7, 11) is -1.90. The van der Waals surface area contributed by atoms with Crippen LogP contribution in [0.2, 0.25) is 5.02 Å². The van der Waals surface area contributed by atoms with E-state index in [2.05, 4.69) is 15.9 Å². The molecule has 0 radical (unpaired) electrons. The maximum Gasteiger partial charge on any atom is 0.243 e. The van der Waals surface area contributed by atoms with Crippen LogP contribution in [0.5, 0.6) is 0 Å². The van der Waals surface area contributed by atoms with Crippen LogP contribution in [0.1, 0.15) is 27.2 Å². The van der Waals surface area contributed by atoms with Crippen molar-refractivity contribution < 1.29 is 8.42 Å². The van der Waals surface area contributed by atoms with Crippen LogP contribution in [0.15, 0.2) is 27.6 Å². The van der Waals surface area contributed by atoms with Gasteiger partial charge in [0.05, 0.1) is 9.92 Å². The Morgan fingerprint density at radius 1 is 1.39 bits per heavy atom. The number of hydrogen-bond acceptors (Lipinski definition) is 2. The molecule has 0 aliphatic carbocycles. The first-order valence-corrected chi connectivity index (χ1v) is 8.18. The molecule has 102 valence electrons. The Labute approximate surface area is 122 Å². The predicted molar refractivity (Wildman–Crippen MR) is 78.5 cm³/mol. The van der Waals surface area contributed by atoms with Crippen LogP contribution in [-0.2, 0) is 10.0 Å². The monoisotopic (exact) mass is 353 g/mol. The van der Waals surface area contributed by atoms with Crippen LogP contribution < -0.4 is 0 Å². The molecule has 3 nitrogen and oxygen atoms in total. The number of hydrogen-bond donors (Lipinski definition) is 0. The SMILES string of the molecule is CCC(C)(C)N(C)S(=O)(=O)c1ccc(Cl)c(Br)c1. The van der Waals surface area contributed by atoms with E-state index in [9.17, 15) is 8.42 Å². The zero-order chi connectivity index (χ0) is 14.1. The van der Waals surface area contributed by atoms with Crippen molar-refractivity contribution in [1.29, 1.82) is 0 Å². The number of halogens is 2. The summed E-state index contributed by atoms with van der Waals surface area (Å²) in [4.78, 5) is 0.239. The van der Waals surface area contributed by atoms with Crippen molar-refractivity contribution in [1.82, 2.24) is 4.31 Å². The molecule has 0 amide bonds. The Hall–Kier alpha value is -0.100. The third-order valence-corrected chi connectivity index (χ3v) is 6.55. The minimum Gasteiger partial charge on any atom is -0.207 e. The summed E-state index contributed by atoms with van der Waals surface area (Å²) in [6.45, 7) is 5.76. The highest BCUT2D eigenvalue weighted by Crippen LogP contribution is 2.29. The average molecular weight is 355 g/mol. The van der Waals surface area contributed by atoms with Gasteiger partial charge in [0.15, 0.2) is 0 Å². The van der Waals surface area contributed by atoms with Crippen LogP contribution in [-0.4, -0.2) is 25.3 Å². The lowest BCUT2D eigenvalue weighted by atomic mass is 10.0. The quantitative estimate of drug-likeness (QED) is 0.822. The minimum absolute atomic E-state index is 0.239. The fourth-order valence-electron chi connectivity index (χ4n) is 1.34. The normalized spacial score (nSPS) is 13.1. The summed E-state index contributed by atoms with van der Waals surface area (Å²) in [5, 5.41) is 0.492. The molecule has 0 bridgehead atoms. The molecule has 0 aliphatic heterocycles. The second-order valence-electron chi connectivity index (χ2n) is 4.71. The van der Waals surface area contributed by atoms with Crippen molar-refractivity contribution in [3.63, 3.8) is 0 Å². The Morgan fingerprint density at radius 3 is 2.39 bits per heavy atom. The summed E-state index contributed by atoms with van der Waals surface area (Å²) in [5.41, 5.74) is -0.426. The second kappa shape index (κ2) is 5.49. The summed E-state index contributed by atoms with van der Waals surface area (Å²) < 4.78 is 26.9. The third kappa shape index (κ3) is 3.07. The fraction of sp³-hybridized carbons (Fsp3) is 0.500. The second-order valence-corrected chi connectivity index (χ2v) is 7.95. The van der Waals surface area contributed by atoms with Crippen LogP contribution >= 0.6 is 27.5 Å². The van der Waals surface area contributed by atoms with Crippen LogP contribution in [0.3, 0.4) is 0 Å². The number of sulfonamides is 1. The maximum absolute atomic E-state index is 12.5. The van der Waals surface area contributed by atoms with E-state index in [1.165, 1.54) is 16.4 Å². The molecule has 0 unspecified atom stereocenters. The largest absolute Gasteiger partial charge is 0.243 e. The van der Waals surface area contributed by atoms with Gasteiger partial charge in [-0.05, 0) is 54.4 Å². The molecular formula is C12H17BrClNO2S. The minimum atomic E-state index is -3.50. The van der Waals surface area contributed by atoms with E-state index in [4.69, 9.17) is 11.6 Å². The molecule has 0 heterocycles. The smallest absolute Gasteiger partial charge is 0.207 e. The van der Waals surface area contributed by atoms with E-state index in [0.717, 1.165) is 6.42 Å². The highest BCUT2D eigenvalue weighted by Gasteiger charge is 2.32. The first-order valence-electron chi connectivity index (χ1n) is 5.57. The van der Waals surface area contributed by atoms with Gasteiger partial charge in [-0.25, -0.2) is 8.42 Å². The predicted octanol–water partition coefficient (Wildman–Crippen LogP) is 3.91. The molecule has 18 heavy (non-hydrogen) atoms. The first kappa shape index (κ1) is 16.0. The summed E-state index contributed by atoms with van der Waals surface area (Å²) in [6, 6.07) is 4.62. The van der Waals surface area contributed by atoms with Crippen LogP contribution in [0.4, 0.5) is 0 Å². The molecule has 1 aromatic carbocycles. The lowest BCUT2D eigenvalue weighted by Crippen LogP contribution is -2.44. The lowest BCUT2D eigenvalue weighted by molar-refractivity contribution is 0.257. The van der Waals surface area contributed by atoms with Gasteiger partial charge in [-0.1, -0.05) is 18.5 Å². The van der Waals surface area contributed by atoms with E-state index in [0.29, 0.717) is 9.50 Å². The summed E-state index contributed by atoms with van der Waals surface area (Å²) >= 11 is 9.11. The van der Waals surface area contributed by atoms with Gasteiger partial charge in [0.2, 0.25) is 10.0 Å². The molecule has 0 saturated carbocycles. The molecule has 0 saturated heterocycles. The molecule has 1 aromatic rings. The number of nitrogens with zero attached hydrogens (tertiary/aromatic N) is 1. The van der Waals surface area contributed by atoms with Crippen LogP contribution in [0.25, 0.3) is 0 Å². The van der Waals surface area contributed by atoms with Crippen molar-refractivity contribution in [3.8, 4) is 0 Å². The Bertz CT molecular complexity index is 543. The van der Waals surface area contributed by atoms with Gasteiger partial charge in [-0.15, -0.1) is 0 Å². The Kier molecular flexibility index (Phi) is 4.87. The first-order chi connectivity index (χ1) is 8.13. The van der Waals surface area contributed by atoms with Crippen molar-refractivity contribution in [2.75, 3.05) is 7.05 Å². The molecular weight excluding hydrogens is 338 g/mol. The molecule has 0 aromatic heterocycles. The highest BCUT2D eigenvalue weighted by molar-refractivity contribution is 9.10. The molecule has 0 fully saturated rings. The van der Waals surface area contributed by atoms with Gasteiger partial charge in [0.1, 0.15) is 0 Å². The third-order valence-electron chi connectivity index (χ3n) is 3.27. The molecule has 1 rings (SSSR count). The van der Waals surface area contributed by atoms with Crippen molar-refractivity contribution in [3.05, 3.63) is 27.7 Å². The van der Waals surface area contributed by atoms with E-state index in [1.54, 1.807) is 13.1 Å². The molecule has 0 atom stereocenters. The highest BCUT2D eigenvalue weighted by atomic mass is 79.9. The van der Waals surface area contributed by atoms with Gasteiger partial charge >= 0.3 is 0 Å². The Morgan fingerprint density at radius 2 is 1.94 bits per heavy atom. The van der Waals surface area contributed by atoms with E-state index < -0.39 is 15.6 Å². The van der Waals surface area contributed by atoms with Crippen LogP contribution in [0, 0.1) is 0 Å². The van der Waals surface area contributed by atoms with E-state index >= 15 is 0 Å². The lowest BCUT2D eigenvalue weighted by Gasteiger charge is -2.33. The average Bonchev–Trinajstić information content (AvgIpc) is 2.31. The van der Waals surface area contributed by atoms with E-state index in [1.807, 2.05) is 20.8 Å². The van der Waals surface area contributed by atoms with Gasteiger partial charge in [0, 0.05) is 17.1 Å². The molecule has 0 aliphatic rings.